The Morgan fingerprint density at radius 1 is 1.57 bits per heavy atom. The number of hydrogen-bond acceptors (Lipinski definition) is 1. The Morgan fingerprint density at radius 2 is 1.71 bits per heavy atom. The first-order valence-corrected chi connectivity index (χ1v) is 2.40. The van der Waals surface area contributed by atoms with Gasteiger partial charge < -0.3 is 5.73 Å². The van der Waals surface area contributed by atoms with Crippen LogP contribution in [0.1, 0.15) is 20.8 Å². The predicted octanol–water partition coefficient (Wildman–Crippen LogP) is 0.543. The van der Waals surface area contributed by atoms with Gasteiger partial charge in [0.25, 0.3) is 0 Å². The molecule has 1 unspecified atom stereocenters. The van der Waals surface area contributed by atoms with Crippen LogP contribution in [0.3, 0.4) is 0 Å². The van der Waals surface area contributed by atoms with Gasteiger partial charge >= 0.3 is 0 Å². The Labute approximate surface area is 44.3 Å². The minimum atomic E-state index is -0.972. The summed E-state index contributed by atoms with van der Waals surface area (Å²) in [4.78, 5) is 0. The Balaban J connectivity index is 3.54. The average molecular weight is 102 g/mol. The second-order valence-corrected chi connectivity index (χ2v) is 2.39. The Kier molecular flexibility index (Phi) is 1.78. The molecule has 0 heterocycles. The maximum absolute atomic E-state index is 10.7. The molecule has 0 rings (SSSR count). The number of nitrogens with two attached hydrogens (primary N) is 1. The molecule has 0 aliphatic rings. The third-order valence-electron chi connectivity index (χ3n) is 1.10. The summed E-state index contributed by atoms with van der Waals surface area (Å²) in [7, 11) is 0. The first kappa shape index (κ1) is 6.92. The van der Waals surface area contributed by atoms with Gasteiger partial charge in [0, 0.05) is 6.04 Å². The monoisotopic (exact) mass is 102 g/mol. The van der Waals surface area contributed by atoms with E-state index in [-0.39, 0.29) is 6.04 Å². The van der Waals surface area contributed by atoms with E-state index in [9.17, 15) is 5.11 Å². The summed E-state index contributed by atoms with van der Waals surface area (Å²) < 4.78 is 0. The van der Waals surface area contributed by atoms with Gasteiger partial charge in [-0.05, 0) is 20.8 Å². The zero-order valence-electron chi connectivity index (χ0n) is 5.06. The molecule has 0 aliphatic carbocycles. The Bertz CT molecular complexity index is 53.6. The van der Waals surface area contributed by atoms with Crippen molar-refractivity contribution >= 4 is 0 Å². The van der Waals surface area contributed by atoms with Gasteiger partial charge in [0.1, 0.15) is 5.60 Å². The maximum Gasteiger partial charge on any atom is 0.113 e. The van der Waals surface area contributed by atoms with Gasteiger partial charge in [-0.25, -0.2) is 5.11 Å². The van der Waals surface area contributed by atoms with Crippen molar-refractivity contribution < 1.29 is 5.11 Å². The van der Waals surface area contributed by atoms with E-state index in [2.05, 4.69) is 0 Å². The maximum atomic E-state index is 10.7. The van der Waals surface area contributed by atoms with E-state index in [0.29, 0.717) is 0 Å². The van der Waals surface area contributed by atoms with Crippen molar-refractivity contribution in [3.8, 4) is 0 Å². The van der Waals surface area contributed by atoms with Crippen molar-refractivity contribution in [2.75, 3.05) is 0 Å². The lowest BCUT2D eigenvalue weighted by Gasteiger charge is -2.17. The SMILES string of the molecule is CC(N)C(C)(C)[O]. The molecule has 0 aromatic carbocycles. The van der Waals surface area contributed by atoms with Gasteiger partial charge in [0.15, 0.2) is 0 Å². The molecule has 0 amide bonds. The normalized spacial score (nSPS) is 16.7. The van der Waals surface area contributed by atoms with Gasteiger partial charge in [-0.1, -0.05) is 0 Å². The minimum Gasteiger partial charge on any atom is -0.325 e. The molecule has 0 aromatic rings. The van der Waals surface area contributed by atoms with E-state index < -0.39 is 5.60 Å². The lowest BCUT2D eigenvalue weighted by molar-refractivity contribution is -0.0133. The van der Waals surface area contributed by atoms with Crippen LogP contribution in [0.5, 0.6) is 0 Å². The summed E-state index contributed by atoms with van der Waals surface area (Å²) in [6, 6.07) is -0.257. The van der Waals surface area contributed by atoms with Crippen molar-refractivity contribution in [2.24, 2.45) is 5.73 Å². The summed E-state index contributed by atoms with van der Waals surface area (Å²) in [5.74, 6) is 0. The van der Waals surface area contributed by atoms with E-state index >= 15 is 0 Å². The molecule has 0 aliphatic heterocycles. The number of hydrogen-bond donors (Lipinski definition) is 1. The second-order valence-electron chi connectivity index (χ2n) is 2.39. The zero-order valence-corrected chi connectivity index (χ0v) is 5.06. The van der Waals surface area contributed by atoms with Crippen molar-refractivity contribution in [3.05, 3.63) is 0 Å². The molecule has 7 heavy (non-hydrogen) atoms. The standard InChI is InChI=1S/C5H12NO/c1-4(6)5(2,3)7/h4H,6H2,1-3H3. The molecule has 0 saturated carbocycles. The minimum absolute atomic E-state index is 0.257. The van der Waals surface area contributed by atoms with Gasteiger partial charge in [-0.3, -0.25) is 0 Å². The molecule has 0 spiro atoms. The molecular formula is C5H12NO. The van der Waals surface area contributed by atoms with Crippen LogP contribution >= 0.6 is 0 Å². The van der Waals surface area contributed by atoms with Crippen molar-refractivity contribution in [2.45, 2.75) is 32.4 Å². The fourth-order valence-corrected chi connectivity index (χ4v) is 0. The van der Waals surface area contributed by atoms with Crippen LogP contribution in [0.2, 0.25) is 0 Å². The highest BCUT2D eigenvalue weighted by molar-refractivity contribution is 4.74. The molecule has 2 heteroatoms. The molecule has 1 atom stereocenters. The first-order chi connectivity index (χ1) is 2.94. The number of rotatable bonds is 1. The van der Waals surface area contributed by atoms with Crippen LogP contribution < -0.4 is 5.73 Å². The zero-order chi connectivity index (χ0) is 6.08. The first-order valence-electron chi connectivity index (χ1n) is 2.40. The van der Waals surface area contributed by atoms with E-state index in [1.54, 1.807) is 20.8 Å². The average Bonchev–Trinajstić information content (AvgIpc) is 1.31. The molecule has 0 bridgehead atoms. The highest BCUT2D eigenvalue weighted by Crippen LogP contribution is 2.04. The molecule has 2 N–H and O–H groups in total. The van der Waals surface area contributed by atoms with Crippen LogP contribution in [-0.4, -0.2) is 11.6 Å². The summed E-state index contributed by atoms with van der Waals surface area (Å²) >= 11 is 0. The lowest BCUT2D eigenvalue weighted by atomic mass is 10.0. The van der Waals surface area contributed by atoms with Gasteiger partial charge in [-0.15, -0.1) is 0 Å². The van der Waals surface area contributed by atoms with Crippen LogP contribution in [0.25, 0.3) is 0 Å². The molecule has 1 radical (unpaired) electrons. The molecule has 0 aromatic heterocycles. The topological polar surface area (TPSA) is 45.9 Å². The van der Waals surface area contributed by atoms with Gasteiger partial charge in [-0.2, -0.15) is 0 Å². The summed E-state index contributed by atoms with van der Waals surface area (Å²) in [5, 5.41) is 10.7. The Morgan fingerprint density at radius 3 is 1.71 bits per heavy atom. The molecule has 43 valence electrons. The lowest BCUT2D eigenvalue weighted by Crippen LogP contribution is -2.38. The third kappa shape index (κ3) is 2.60. The van der Waals surface area contributed by atoms with E-state index in [1.807, 2.05) is 0 Å². The van der Waals surface area contributed by atoms with Crippen LogP contribution in [-0.2, 0) is 5.11 Å². The second kappa shape index (κ2) is 1.80. The van der Waals surface area contributed by atoms with Crippen molar-refractivity contribution in [1.82, 2.24) is 0 Å². The fraction of sp³-hybridized carbons (Fsp3) is 1.00. The van der Waals surface area contributed by atoms with Crippen molar-refractivity contribution in [1.29, 1.82) is 0 Å². The van der Waals surface area contributed by atoms with Crippen LogP contribution in [0.15, 0.2) is 0 Å². The summed E-state index contributed by atoms with van der Waals surface area (Å²) in [6.07, 6.45) is 0. The molecule has 0 saturated heterocycles. The van der Waals surface area contributed by atoms with Crippen molar-refractivity contribution in [3.63, 3.8) is 0 Å². The van der Waals surface area contributed by atoms with Gasteiger partial charge in [0.2, 0.25) is 0 Å². The van der Waals surface area contributed by atoms with Gasteiger partial charge in [0.05, 0.1) is 0 Å². The third-order valence-corrected chi connectivity index (χ3v) is 1.10. The molecule has 2 nitrogen and oxygen atoms in total. The molecule has 0 fully saturated rings. The highest BCUT2D eigenvalue weighted by atomic mass is 16.3. The van der Waals surface area contributed by atoms with E-state index in [4.69, 9.17) is 5.73 Å². The van der Waals surface area contributed by atoms with Crippen LogP contribution in [0.4, 0.5) is 0 Å². The summed E-state index contributed by atoms with van der Waals surface area (Å²) in [5.41, 5.74) is 4.28. The largest absolute Gasteiger partial charge is 0.325 e. The smallest absolute Gasteiger partial charge is 0.113 e. The fourth-order valence-electron chi connectivity index (χ4n) is 0. The van der Waals surface area contributed by atoms with E-state index in [1.165, 1.54) is 0 Å². The highest BCUT2D eigenvalue weighted by Gasteiger charge is 2.19. The molecular weight excluding hydrogens is 90.1 g/mol. The quantitative estimate of drug-likeness (QED) is 0.516. The summed E-state index contributed by atoms with van der Waals surface area (Å²) in [6.45, 7) is 4.88. The predicted molar refractivity (Wildman–Crippen MR) is 28.4 cm³/mol. The Hall–Kier alpha value is -0.0800. The van der Waals surface area contributed by atoms with E-state index in [0.717, 1.165) is 0 Å². The van der Waals surface area contributed by atoms with Crippen LogP contribution in [0, 0.1) is 0 Å².